The number of amides is 1. The summed E-state index contributed by atoms with van der Waals surface area (Å²) in [6.45, 7) is 6.39. The van der Waals surface area contributed by atoms with Crippen molar-refractivity contribution in [1.29, 1.82) is 0 Å². The summed E-state index contributed by atoms with van der Waals surface area (Å²) in [6, 6.07) is 7.79. The van der Waals surface area contributed by atoms with Crippen LogP contribution in [0.3, 0.4) is 0 Å². The molecule has 4 nitrogen and oxygen atoms in total. The van der Waals surface area contributed by atoms with E-state index >= 15 is 0 Å². The molecule has 0 aliphatic carbocycles. The standard InChI is InChI=1S/C16H20N2O2/c1-10-11(2)20-12(3)15(10)16(19)18-14-7-5-13(6-8-14)9-17-4/h5-8,17H,9H2,1-4H3,(H,18,19). The quantitative estimate of drug-likeness (QED) is 0.898. The molecular formula is C16H20N2O2. The summed E-state index contributed by atoms with van der Waals surface area (Å²) in [5.41, 5.74) is 3.48. The fourth-order valence-corrected chi connectivity index (χ4v) is 2.23. The smallest absolute Gasteiger partial charge is 0.259 e. The number of carbonyl (C=O) groups excluding carboxylic acids is 1. The maximum atomic E-state index is 12.3. The van der Waals surface area contributed by atoms with Gasteiger partial charge in [-0.05, 0) is 45.5 Å². The molecule has 0 aliphatic rings. The third-order valence-electron chi connectivity index (χ3n) is 3.38. The van der Waals surface area contributed by atoms with Crippen LogP contribution in [0, 0.1) is 20.8 Å². The lowest BCUT2D eigenvalue weighted by Gasteiger charge is -2.06. The number of hydrogen-bond acceptors (Lipinski definition) is 3. The SMILES string of the molecule is CNCc1ccc(NC(=O)c2c(C)oc(C)c2C)cc1. The highest BCUT2D eigenvalue weighted by Gasteiger charge is 2.18. The van der Waals surface area contributed by atoms with Crippen LogP contribution in [0.15, 0.2) is 28.7 Å². The third kappa shape index (κ3) is 2.91. The van der Waals surface area contributed by atoms with Crippen molar-refractivity contribution in [2.24, 2.45) is 0 Å². The van der Waals surface area contributed by atoms with Crippen molar-refractivity contribution >= 4 is 11.6 Å². The lowest BCUT2D eigenvalue weighted by atomic mass is 10.1. The molecule has 1 aromatic heterocycles. The molecule has 1 amide bonds. The highest BCUT2D eigenvalue weighted by molar-refractivity contribution is 6.06. The molecule has 1 aromatic carbocycles. The Morgan fingerprint density at radius 1 is 1.10 bits per heavy atom. The Morgan fingerprint density at radius 2 is 1.75 bits per heavy atom. The van der Waals surface area contributed by atoms with E-state index in [4.69, 9.17) is 4.42 Å². The normalized spacial score (nSPS) is 10.6. The molecule has 2 aromatic rings. The van der Waals surface area contributed by atoms with E-state index in [9.17, 15) is 4.79 Å². The van der Waals surface area contributed by atoms with Crippen molar-refractivity contribution in [2.75, 3.05) is 12.4 Å². The summed E-state index contributed by atoms with van der Waals surface area (Å²) in [7, 11) is 1.91. The van der Waals surface area contributed by atoms with Crippen molar-refractivity contribution in [1.82, 2.24) is 5.32 Å². The largest absolute Gasteiger partial charge is 0.466 e. The van der Waals surface area contributed by atoms with Gasteiger partial charge < -0.3 is 15.1 Å². The maximum absolute atomic E-state index is 12.3. The van der Waals surface area contributed by atoms with Gasteiger partial charge in [0.15, 0.2) is 0 Å². The van der Waals surface area contributed by atoms with Crippen LogP contribution < -0.4 is 10.6 Å². The molecule has 4 heteroatoms. The summed E-state index contributed by atoms with van der Waals surface area (Å²) in [4.78, 5) is 12.3. The number of hydrogen-bond donors (Lipinski definition) is 2. The average molecular weight is 272 g/mol. The Kier molecular flexibility index (Phi) is 4.25. The van der Waals surface area contributed by atoms with Gasteiger partial charge in [0.2, 0.25) is 0 Å². The Morgan fingerprint density at radius 3 is 2.25 bits per heavy atom. The van der Waals surface area contributed by atoms with Gasteiger partial charge in [-0.15, -0.1) is 0 Å². The summed E-state index contributed by atoms with van der Waals surface area (Å²) in [5, 5.41) is 5.99. The molecule has 0 atom stereocenters. The summed E-state index contributed by atoms with van der Waals surface area (Å²) >= 11 is 0. The first-order chi connectivity index (χ1) is 9.52. The van der Waals surface area contributed by atoms with Gasteiger partial charge in [0.1, 0.15) is 11.5 Å². The van der Waals surface area contributed by atoms with Crippen LogP contribution in [0.1, 0.15) is 33.0 Å². The van der Waals surface area contributed by atoms with Gasteiger partial charge in [0.05, 0.1) is 5.56 Å². The van der Waals surface area contributed by atoms with Crippen molar-refractivity contribution in [3.05, 3.63) is 52.5 Å². The number of rotatable bonds is 4. The van der Waals surface area contributed by atoms with Gasteiger partial charge in [-0.2, -0.15) is 0 Å². The topological polar surface area (TPSA) is 54.3 Å². The van der Waals surface area contributed by atoms with Crippen LogP contribution in [-0.4, -0.2) is 13.0 Å². The highest BCUT2D eigenvalue weighted by atomic mass is 16.3. The zero-order chi connectivity index (χ0) is 14.7. The van der Waals surface area contributed by atoms with Crippen LogP contribution in [0.2, 0.25) is 0 Å². The van der Waals surface area contributed by atoms with E-state index in [1.807, 2.05) is 52.1 Å². The van der Waals surface area contributed by atoms with E-state index in [1.165, 1.54) is 5.56 Å². The summed E-state index contributed by atoms with van der Waals surface area (Å²) < 4.78 is 5.49. The minimum atomic E-state index is -0.127. The number of furan rings is 1. The molecular weight excluding hydrogens is 252 g/mol. The van der Waals surface area contributed by atoms with Crippen molar-refractivity contribution in [3.63, 3.8) is 0 Å². The zero-order valence-electron chi connectivity index (χ0n) is 12.3. The first kappa shape index (κ1) is 14.3. The van der Waals surface area contributed by atoms with Gasteiger partial charge in [-0.25, -0.2) is 0 Å². The van der Waals surface area contributed by atoms with Crippen LogP contribution in [0.5, 0.6) is 0 Å². The number of carbonyl (C=O) groups is 1. The molecule has 0 radical (unpaired) electrons. The van der Waals surface area contributed by atoms with Gasteiger partial charge in [0, 0.05) is 17.8 Å². The predicted molar refractivity (Wildman–Crippen MR) is 80.1 cm³/mol. The molecule has 0 spiro atoms. The number of anilines is 1. The second-order valence-electron chi connectivity index (χ2n) is 4.90. The van der Waals surface area contributed by atoms with Gasteiger partial charge in [-0.1, -0.05) is 12.1 Å². The van der Waals surface area contributed by atoms with Gasteiger partial charge in [0.25, 0.3) is 5.91 Å². The van der Waals surface area contributed by atoms with E-state index in [-0.39, 0.29) is 5.91 Å². The molecule has 2 rings (SSSR count). The predicted octanol–water partition coefficient (Wildman–Crippen LogP) is 3.18. The molecule has 106 valence electrons. The Hall–Kier alpha value is -2.07. The van der Waals surface area contributed by atoms with E-state index < -0.39 is 0 Å². The molecule has 0 saturated carbocycles. The number of benzene rings is 1. The first-order valence-electron chi connectivity index (χ1n) is 6.64. The van der Waals surface area contributed by atoms with E-state index in [2.05, 4.69) is 10.6 Å². The molecule has 1 heterocycles. The molecule has 20 heavy (non-hydrogen) atoms. The molecule has 0 saturated heterocycles. The Labute approximate surface area is 119 Å². The molecule has 0 unspecified atom stereocenters. The first-order valence-corrected chi connectivity index (χ1v) is 6.64. The van der Waals surface area contributed by atoms with Crippen LogP contribution >= 0.6 is 0 Å². The van der Waals surface area contributed by atoms with Crippen LogP contribution in [0.25, 0.3) is 0 Å². The van der Waals surface area contributed by atoms with Crippen molar-refractivity contribution in [3.8, 4) is 0 Å². The Bertz CT molecular complexity index is 612. The second-order valence-corrected chi connectivity index (χ2v) is 4.90. The maximum Gasteiger partial charge on any atom is 0.259 e. The molecule has 0 bridgehead atoms. The molecule has 0 fully saturated rings. The van der Waals surface area contributed by atoms with Crippen molar-refractivity contribution in [2.45, 2.75) is 27.3 Å². The third-order valence-corrected chi connectivity index (χ3v) is 3.38. The lowest BCUT2D eigenvalue weighted by molar-refractivity contribution is 0.102. The Balaban J connectivity index is 2.15. The lowest BCUT2D eigenvalue weighted by Crippen LogP contribution is -2.13. The summed E-state index contributed by atoms with van der Waals surface area (Å²) in [6.07, 6.45) is 0. The van der Waals surface area contributed by atoms with Gasteiger partial charge in [-0.3, -0.25) is 4.79 Å². The van der Waals surface area contributed by atoms with E-state index in [1.54, 1.807) is 0 Å². The zero-order valence-corrected chi connectivity index (χ0v) is 12.3. The number of nitrogens with one attached hydrogen (secondary N) is 2. The minimum Gasteiger partial charge on any atom is -0.466 e. The summed E-state index contributed by atoms with van der Waals surface area (Å²) in [5.74, 6) is 1.32. The van der Waals surface area contributed by atoms with Crippen molar-refractivity contribution < 1.29 is 9.21 Å². The minimum absolute atomic E-state index is 0.127. The fourth-order valence-electron chi connectivity index (χ4n) is 2.23. The fraction of sp³-hybridized carbons (Fsp3) is 0.312. The van der Waals surface area contributed by atoms with Crippen LogP contribution in [-0.2, 0) is 6.54 Å². The monoisotopic (exact) mass is 272 g/mol. The van der Waals surface area contributed by atoms with E-state index in [0.717, 1.165) is 23.6 Å². The van der Waals surface area contributed by atoms with E-state index in [0.29, 0.717) is 11.3 Å². The molecule has 2 N–H and O–H groups in total. The average Bonchev–Trinajstić information content (AvgIpc) is 2.66. The number of aryl methyl sites for hydroxylation is 2. The van der Waals surface area contributed by atoms with Gasteiger partial charge >= 0.3 is 0 Å². The second kappa shape index (κ2) is 5.92. The molecule has 0 aliphatic heterocycles. The van der Waals surface area contributed by atoms with Crippen LogP contribution in [0.4, 0.5) is 5.69 Å². The highest BCUT2D eigenvalue weighted by Crippen LogP contribution is 2.22.